The maximum Gasteiger partial charge on any atom is 0.338 e. The summed E-state index contributed by atoms with van der Waals surface area (Å²) < 4.78 is 8.95. The van der Waals surface area contributed by atoms with Crippen molar-refractivity contribution in [2.75, 3.05) is 0 Å². The minimum atomic E-state index is -0.397. The van der Waals surface area contributed by atoms with Crippen LogP contribution in [0.1, 0.15) is 15.2 Å². The second-order valence-electron chi connectivity index (χ2n) is 3.15. The zero-order valence-corrected chi connectivity index (χ0v) is 10.9. The van der Waals surface area contributed by atoms with Gasteiger partial charge in [-0.2, -0.15) is 4.37 Å². The van der Waals surface area contributed by atoms with Gasteiger partial charge in [0.25, 0.3) is 0 Å². The third-order valence-corrected chi connectivity index (χ3v) is 3.81. The van der Waals surface area contributed by atoms with E-state index < -0.39 is 5.97 Å². The minimum Gasteiger partial charge on any atom is -0.456 e. The van der Waals surface area contributed by atoms with Gasteiger partial charge in [0.15, 0.2) is 5.15 Å². The number of aromatic nitrogens is 1. The van der Waals surface area contributed by atoms with Crippen LogP contribution in [0.5, 0.6) is 0 Å². The Labute approximate surface area is 112 Å². The maximum atomic E-state index is 11.6. The van der Waals surface area contributed by atoms with Crippen LogP contribution in [-0.2, 0) is 11.3 Å². The zero-order chi connectivity index (χ0) is 12.3. The first-order chi connectivity index (χ1) is 8.18. The Morgan fingerprint density at radius 2 is 2.00 bits per heavy atom. The molecule has 6 heteroatoms. The second kappa shape index (κ2) is 5.49. The number of halogens is 2. The number of carbonyl (C=O) groups excluding carboxylic acids is 1. The van der Waals surface area contributed by atoms with Crippen molar-refractivity contribution in [1.82, 2.24) is 4.37 Å². The van der Waals surface area contributed by atoms with E-state index in [1.165, 1.54) is 0 Å². The molecule has 3 nitrogen and oxygen atoms in total. The standard InChI is InChI=1S/C11H7Cl2NO2S/c12-9-8(17-14-10(9)13)6-16-11(15)7-4-2-1-3-5-7/h1-5H,6H2. The molecule has 1 heterocycles. The quantitative estimate of drug-likeness (QED) is 0.806. The van der Waals surface area contributed by atoms with Crippen molar-refractivity contribution in [3.63, 3.8) is 0 Å². The van der Waals surface area contributed by atoms with Gasteiger partial charge in [0.1, 0.15) is 6.61 Å². The van der Waals surface area contributed by atoms with Gasteiger partial charge in [-0.25, -0.2) is 4.79 Å². The van der Waals surface area contributed by atoms with E-state index in [1.807, 2.05) is 6.07 Å². The van der Waals surface area contributed by atoms with Gasteiger partial charge in [0.05, 0.1) is 15.5 Å². The van der Waals surface area contributed by atoms with E-state index in [9.17, 15) is 4.79 Å². The van der Waals surface area contributed by atoms with Crippen LogP contribution in [0.4, 0.5) is 0 Å². The van der Waals surface area contributed by atoms with Gasteiger partial charge in [-0.15, -0.1) is 0 Å². The van der Waals surface area contributed by atoms with Gasteiger partial charge in [0, 0.05) is 0 Å². The van der Waals surface area contributed by atoms with Gasteiger partial charge in [-0.3, -0.25) is 0 Å². The van der Waals surface area contributed by atoms with Crippen molar-refractivity contribution in [1.29, 1.82) is 0 Å². The number of carbonyl (C=O) groups is 1. The Hall–Kier alpha value is -1.10. The molecule has 17 heavy (non-hydrogen) atoms. The first-order valence-corrected chi connectivity index (χ1v) is 6.23. The Morgan fingerprint density at radius 3 is 2.59 bits per heavy atom. The second-order valence-corrected chi connectivity index (χ2v) is 4.75. The fourth-order valence-electron chi connectivity index (χ4n) is 1.17. The topological polar surface area (TPSA) is 39.2 Å². The molecule has 0 unspecified atom stereocenters. The molecule has 0 saturated heterocycles. The van der Waals surface area contributed by atoms with Gasteiger partial charge >= 0.3 is 5.97 Å². The number of esters is 1. The van der Waals surface area contributed by atoms with E-state index >= 15 is 0 Å². The van der Waals surface area contributed by atoms with Crippen LogP contribution in [0.15, 0.2) is 30.3 Å². The molecular weight excluding hydrogens is 281 g/mol. The molecule has 0 aliphatic carbocycles. The number of hydrogen-bond acceptors (Lipinski definition) is 4. The molecule has 0 radical (unpaired) electrons. The summed E-state index contributed by atoms with van der Waals surface area (Å²) in [6, 6.07) is 8.74. The Balaban J connectivity index is 2.00. The predicted molar refractivity (Wildman–Crippen MR) is 67.7 cm³/mol. The van der Waals surface area contributed by atoms with Crippen LogP contribution < -0.4 is 0 Å². The molecule has 2 rings (SSSR count). The summed E-state index contributed by atoms with van der Waals surface area (Å²) >= 11 is 12.7. The smallest absolute Gasteiger partial charge is 0.338 e. The van der Waals surface area contributed by atoms with Crippen molar-refractivity contribution in [2.45, 2.75) is 6.61 Å². The average molecular weight is 288 g/mol. The lowest BCUT2D eigenvalue weighted by Crippen LogP contribution is -2.04. The Bertz CT molecular complexity index is 528. The van der Waals surface area contributed by atoms with E-state index in [0.29, 0.717) is 15.5 Å². The predicted octanol–water partition coefficient (Wildman–Crippen LogP) is 3.81. The maximum absolute atomic E-state index is 11.6. The summed E-state index contributed by atoms with van der Waals surface area (Å²) in [6.07, 6.45) is 0. The Morgan fingerprint density at radius 1 is 1.29 bits per heavy atom. The molecule has 1 aromatic carbocycles. The fourth-order valence-corrected chi connectivity index (χ4v) is 2.26. The molecule has 0 amide bonds. The number of hydrogen-bond donors (Lipinski definition) is 0. The Kier molecular flexibility index (Phi) is 3.99. The highest BCUT2D eigenvalue weighted by Gasteiger charge is 2.12. The van der Waals surface area contributed by atoms with E-state index in [1.54, 1.807) is 24.3 Å². The highest BCUT2D eigenvalue weighted by Crippen LogP contribution is 2.29. The summed E-state index contributed by atoms with van der Waals surface area (Å²) in [7, 11) is 0. The summed E-state index contributed by atoms with van der Waals surface area (Å²) in [5, 5.41) is 0.583. The largest absolute Gasteiger partial charge is 0.456 e. The molecule has 0 fully saturated rings. The molecule has 0 aliphatic heterocycles. The van der Waals surface area contributed by atoms with Crippen molar-refractivity contribution >= 4 is 40.7 Å². The van der Waals surface area contributed by atoms with Gasteiger partial charge in [0.2, 0.25) is 0 Å². The van der Waals surface area contributed by atoms with Crippen LogP contribution in [-0.4, -0.2) is 10.3 Å². The molecule has 0 aliphatic rings. The molecule has 88 valence electrons. The van der Waals surface area contributed by atoms with Gasteiger partial charge in [-0.05, 0) is 23.7 Å². The van der Waals surface area contributed by atoms with Crippen LogP contribution in [0.25, 0.3) is 0 Å². The lowest BCUT2D eigenvalue weighted by Gasteiger charge is -2.02. The van der Waals surface area contributed by atoms with Crippen LogP contribution >= 0.6 is 34.7 Å². The van der Waals surface area contributed by atoms with Crippen LogP contribution in [0.2, 0.25) is 10.2 Å². The van der Waals surface area contributed by atoms with Crippen molar-refractivity contribution in [2.24, 2.45) is 0 Å². The molecule has 0 atom stereocenters. The first kappa shape index (κ1) is 12.4. The average Bonchev–Trinajstić information content (AvgIpc) is 2.68. The number of benzene rings is 1. The lowest BCUT2D eigenvalue weighted by molar-refractivity contribution is 0.0477. The van der Waals surface area contributed by atoms with Crippen molar-refractivity contribution in [3.8, 4) is 0 Å². The first-order valence-electron chi connectivity index (χ1n) is 4.70. The van der Waals surface area contributed by atoms with E-state index in [-0.39, 0.29) is 11.8 Å². The lowest BCUT2D eigenvalue weighted by atomic mass is 10.2. The third-order valence-electron chi connectivity index (χ3n) is 2.01. The summed E-state index contributed by atoms with van der Waals surface area (Å²) in [6.45, 7) is 0.0803. The molecular formula is C11H7Cl2NO2S. The van der Waals surface area contributed by atoms with E-state index in [0.717, 1.165) is 11.5 Å². The minimum absolute atomic E-state index is 0.0803. The summed E-state index contributed by atoms with van der Waals surface area (Å²) in [5.74, 6) is -0.397. The normalized spacial score (nSPS) is 10.2. The number of rotatable bonds is 3. The fraction of sp³-hybridized carbons (Fsp3) is 0.0909. The van der Waals surface area contributed by atoms with Gasteiger partial charge in [-0.1, -0.05) is 41.4 Å². The zero-order valence-electron chi connectivity index (χ0n) is 8.52. The van der Waals surface area contributed by atoms with Crippen molar-refractivity contribution in [3.05, 3.63) is 50.9 Å². The SMILES string of the molecule is O=C(OCc1snc(Cl)c1Cl)c1ccccc1. The van der Waals surface area contributed by atoms with Gasteiger partial charge < -0.3 is 4.74 Å². The highest BCUT2D eigenvalue weighted by molar-refractivity contribution is 7.06. The third kappa shape index (κ3) is 2.97. The summed E-state index contributed by atoms with van der Waals surface area (Å²) in [4.78, 5) is 12.3. The molecule has 1 aromatic heterocycles. The molecule has 0 N–H and O–H groups in total. The number of nitrogens with zero attached hydrogens (tertiary/aromatic N) is 1. The van der Waals surface area contributed by atoms with E-state index in [4.69, 9.17) is 27.9 Å². The summed E-state index contributed by atoms with van der Waals surface area (Å²) in [5.41, 5.74) is 0.499. The number of ether oxygens (including phenoxy) is 1. The molecule has 0 bridgehead atoms. The molecule has 2 aromatic rings. The molecule has 0 spiro atoms. The van der Waals surface area contributed by atoms with Crippen molar-refractivity contribution < 1.29 is 9.53 Å². The molecule has 0 saturated carbocycles. The highest BCUT2D eigenvalue weighted by atomic mass is 35.5. The monoisotopic (exact) mass is 287 g/mol. The van der Waals surface area contributed by atoms with E-state index in [2.05, 4.69) is 4.37 Å². The van der Waals surface area contributed by atoms with Crippen LogP contribution in [0.3, 0.4) is 0 Å². The van der Waals surface area contributed by atoms with Crippen LogP contribution in [0, 0.1) is 0 Å².